The van der Waals surface area contributed by atoms with Crippen molar-refractivity contribution in [2.75, 3.05) is 14.2 Å². The number of esters is 2. The molecule has 2 atom stereocenters. The van der Waals surface area contributed by atoms with Gasteiger partial charge in [0.15, 0.2) is 11.5 Å². The van der Waals surface area contributed by atoms with Crippen LogP contribution in [0, 0.1) is 10.1 Å². The molecular formula is C14H15NO8. The van der Waals surface area contributed by atoms with Gasteiger partial charge in [-0.1, -0.05) is 0 Å². The molecule has 0 aliphatic carbocycles. The molecular weight excluding hydrogens is 310 g/mol. The maximum Gasteiger partial charge on any atom is 0.347 e. The van der Waals surface area contributed by atoms with E-state index in [-0.39, 0.29) is 29.6 Å². The Bertz CT molecular complexity index is 656. The number of nitro groups is 1. The highest BCUT2D eigenvalue weighted by molar-refractivity contribution is 5.96. The number of hydrogen-bond donors (Lipinski definition) is 0. The van der Waals surface area contributed by atoms with Crippen molar-refractivity contribution in [1.82, 2.24) is 0 Å². The first kappa shape index (κ1) is 16.5. The van der Waals surface area contributed by atoms with Crippen LogP contribution in [0.3, 0.4) is 0 Å². The molecule has 0 amide bonds. The molecule has 1 heterocycles. The number of methoxy groups -OCH3 is 2. The van der Waals surface area contributed by atoms with Crippen molar-refractivity contribution in [1.29, 1.82) is 0 Å². The summed E-state index contributed by atoms with van der Waals surface area (Å²) in [5.41, 5.74) is -0.841. The van der Waals surface area contributed by atoms with Gasteiger partial charge in [-0.25, -0.2) is 9.59 Å². The van der Waals surface area contributed by atoms with E-state index in [4.69, 9.17) is 18.9 Å². The Morgan fingerprint density at radius 1 is 1.30 bits per heavy atom. The Morgan fingerprint density at radius 3 is 2.39 bits per heavy atom. The Hall–Kier alpha value is -2.84. The van der Waals surface area contributed by atoms with Crippen molar-refractivity contribution >= 4 is 17.6 Å². The van der Waals surface area contributed by atoms with E-state index < -0.39 is 28.7 Å². The normalized spacial score (nSPS) is 19.9. The van der Waals surface area contributed by atoms with Gasteiger partial charge in [-0.3, -0.25) is 10.1 Å². The Balaban J connectivity index is 2.35. The molecule has 9 heteroatoms. The smallest absolute Gasteiger partial charge is 0.347 e. The second-order valence-electron chi connectivity index (χ2n) is 4.86. The number of hydrogen-bond acceptors (Lipinski definition) is 8. The van der Waals surface area contributed by atoms with Gasteiger partial charge >= 0.3 is 11.9 Å². The number of nitro benzene ring substituents is 1. The van der Waals surface area contributed by atoms with Gasteiger partial charge < -0.3 is 18.9 Å². The number of ether oxygens (including phenoxy) is 4. The predicted molar refractivity (Wildman–Crippen MR) is 75.6 cm³/mol. The van der Waals surface area contributed by atoms with Crippen LogP contribution in [0.25, 0.3) is 0 Å². The third kappa shape index (κ3) is 3.33. The third-order valence-electron chi connectivity index (χ3n) is 3.29. The molecule has 0 bridgehead atoms. The number of carbonyl (C=O) groups is 2. The van der Waals surface area contributed by atoms with Crippen molar-refractivity contribution in [2.24, 2.45) is 0 Å². The summed E-state index contributed by atoms with van der Waals surface area (Å²) in [5.74, 6) is -1.44. The molecule has 1 aromatic rings. The minimum absolute atomic E-state index is 0.102. The lowest BCUT2D eigenvalue weighted by Crippen LogP contribution is -2.23. The van der Waals surface area contributed by atoms with E-state index in [1.165, 1.54) is 14.2 Å². The molecule has 23 heavy (non-hydrogen) atoms. The number of nitrogens with zero attached hydrogens (tertiary/aromatic N) is 1. The number of carbonyl (C=O) groups excluding carboxylic acids is 2. The second kappa shape index (κ2) is 6.51. The molecule has 2 rings (SSSR count). The van der Waals surface area contributed by atoms with Gasteiger partial charge in [-0.15, -0.1) is 0 Å². The van der Waals surface area contributed by atoms with E-state index in [0.29, 0.717) is 0 Å². The summed E-state index contributed by atoms with van der Waals surface area (Å²) >= 11 is 0. The predicted octanol–water partition coefficient (Wildman–Crippen LogP) is 1.47. The van der Waals surface area contributed by atoms with Gasteiger partial charge in [0.25, 0.3) is 5.69 Å². The summed E-state index contributed by atoms with van der Waals surface area (Å²) in [5, 5.41) is 11.2. The number of cyclic esters (lactones) is 1. The van der Waals surface area contributed by atoms with E-state index in [1.54, 1.807) is 6.92 Å². The van der Waals surface area contributed by atoms with Crippen LogP contribution < -0.4 is 9.47 Å². The fourth-order valence-corrected chi connectivity index (χ4v) is 2.19. The average molecular weight is 325 g/mol. The number of benzene rings is 1. The maximum absolute atomic E-state index is 12.2. The molecule has 0 saturated carbocycles. The fourth-order valence-electron chi connectivity index (χ4n) is 2.19. The summed E-state index contributed by atoms with van der Waals surface area (Å²) in [4.78, 5) is 34.1. The molecule has 1 aromatic carbocycles. The van der Waals surface area contributed by atoms with Gasteiger partial charge in [-0.05, 0) is 6.92 Å². The molecule has 0 aromatic heterocycles. The summed E-state index contributed by atoms with van der Waals surface area (Å²) in [6, 6.07) is 2.20. The monoisotopic (exact) mass is 325 g/mol. The third-order valence-corrected chi connectivity index (χ3v) is 3.29. The largest absolute Gasteiger partial charge is 0.493 e. The molecule has 0 radical (unpaired) electrons. The van der Waals surface area contributed by atoms with Crippen LogP contribution in [-0.4, -0.2) is 43.3 Å². The molecule has 0 unspecified atom stereocenters. The van der Waals surface area contributed by atoms with Crippen molar-refractivity contribution in [2.45, 2.75) is 25.6 Å². The summed E-state index contributed by atoms with van der Waals surface area (Å²) in [6.45, 7) is 1.66. The first-order chi connectivity index (χ1) is 10.9. The van der Waals surface area contributed by atoms with Crippen LogP contribution in [0.1, 0.15) is 23.7 Å². The van der Waals surface area contributed by atoms with Gasteiger partial charge in [0, 0.05) is 12.5 Å². The van der Waals surface area contributed by atoms with Gasteiger partial charge in [0.2, 0.25) is 6.10 Å². The molecule has 0 spiro atoms. The van der Waals surface area contributed by atoms with E-state index in [1.807, 2.05) is 0 Å². The van der Waals surface area contributed by atoms with Gasteiger partial charge in [0.1, 0.15) is 11.7 Å². The Kier molecular flexibility index (Phi) is 4.68. The fraction of sp³-hybridized carbons (Fsp3) is 0.429. The zero-order chi connectivity index (χ0) is 17.1. The molecule has 0 N–H and O–H groups in total. The minimum atomic E-state index is -1.08. The molecule has 1 aliphatic heterocycles. The van der Waals surface area contributed by atoms with E-state index in [0.717, 1.165) is 12.1 Å². The summed E-state index contributed by atoms with van der Waals surface area (Å²) < 4.78 is 19.9. The van der Waals surface area contributed by atoms with Crippen molar-refractivity contribution in [3.05, 3.63) is 27.8 Å². The zero-order valence-electron chi connectivity index (χ0n) is 12.7. The number of rotatable bonds is 5. The molecule has 1 aliphatic rings. The van der Waals surface area contributed by atoms with Gasteiger partial charge in [0.05, 0.1) is 25.2 Å². The topological polar surface area (TPSA) is 114 Å². The van der Waals surface area contributed by atoms with E-state index >= 15 is 0 Å². The van der Waals surface area contributed by atoms with E-state index in [2.05, 4.69) is 0 Å². The Labute approximate surface area is 131 Å². The van der Waals surface area contributed by atoms with E-state index in [9.17, 15) is 19.7 Å². The molecule has 1 saturated heterocycles. The lowest BCUT2D eigenvalue weighted by Gasteiger charge is -2.12. The van der Waals surface area contributed by atoms with Crippen LogP contribution >= 0.6 is 0 Å². The first-order valence-electron chi connectivity index (χ1n) is 6.69. The Morgan fingerprint density at radius 2 is 1.91 bits per heavy atom. The second-order valence-corrected chi connectivity index (χ2v) is 4.86. The van der Waals surface area contributed by atoms with Crippen molar-refractivity contribution in [3.8, 4) is 11.5 Å². The van der Waals surface area contributed by atoms with Crippen LogP contribution in [0.2, 0.25) is 0 Å². The van der Waals surface area contributed by atoms with Crippen LogP contribution in [0.5, 0.6) is 11.5 Å². The zero-order valence-corrected chi connectivity index (χ0v) is 12.7. The SMILES string of the molecule is COc1cc(C(=O)O[C@@H]2C[C@H](C)OC2=O)c([N+](=O)[O-])cc1OC. The highest BCUT2D eigenvalue weighted by Gasteiger charge is 2.37. The lowest BCUT2D eigenvalue weighted by molar-refractivity contribution is -0.385. The minimum Gasteiger partial charge on any atom is -0.493 e. The first-order valence-corrected chi connectivity index (χ1v) is 6.69. The van der Waals surface area contributed by atoms with Crippen molar-refractivity contribution in [3.63, 3.8) is 0 Å². The summed E-state index contributed by atoms with van der Waals surface area (Å²) in [7, 11) is 2.64. The molecule has 1 fully saturated rings. The molecule has 9 nitrogen and oxygen atoms in total. The maximum atomic E-state index is 12.2. The highest BCUT2D eigenvalue weighted by atomic mass is 16.6. The average Bonchev–Trinajstić information content (AvgIpc) is 2.83. The highest BCUT2D eigenvalue weighted by Crippen LogP contribution is 2.35. The van der Waals surface area contributed by atoms with Crippen LogP contribution in [-0.2, 0) is 14.3 Å². The van der Waals surface area contributed by atoms with Crippen molar-refractivity contribution < 1.29 is 33.5 Å². The quantitative estimate of drug-likeness (QED) is 0.454. The van der Waals surface area contributed by atoms with Gasteiger partial charge in [-0.2, -0.15) is 0 Å². The van der Waals surface area contributed by atoms with Crippen LogP contribution in [0.15, 0.2) is 12.1 Å². The summed E-state index contributed by atoms with van der Waals surface area (Å²) in [6.07, 6.45) is -1.25. The van der Waals surface area contributed by atoms with Crippen LogP contribution in [0.4, 0.5) is 5.69 Å². The lowest BCUT2D eigenvalue weighted by atomic mass is 10.1. The molecule has 124 valence electrons. The standard InChI is InChI=1S/C14H15NO8/c1-7-4-12(14(17)22-7)23-13(16)8-5-10(20-2)11(21-3)6-9(8)15(18)19/h5-7,12H,4H2,1-3H3/t7-,12+/m0/s1.